The fourth-order valence-corrected chi connectivity index (χ4v) is 1.86. The Morgan fingerprint density at radius 3 is 2.64 bits per heavy atom. The average Bonchev–Trinajstić information content (AvgIpc) is 2.49. The summed E-state index contributed by atoms with van der Waals surface area (Å²) < 4.78 is 17.9. The second-order valence-electron chi connectivity index (χ2n) is 4.90. The van der Waals surface area contributed by atoms with Gasteiger partial charge in [0.2, 0.25) is 0 Å². The molecule has 0 spiro atoms. The fourth-order valence-electron chi connectivity index (χ4n) is 1.86. The predicted octanol–water partition coefficient (Wildman–Crippen LogP) is 2.97. The van der Waals surface area contributed by atoms with Gasteiger partial charge in [-0.05, 0) is 49.2 Å². The van der Waals surface area contributed by atoms with Gasteiger partial charge in [0.1, 0.15) is 11.6 Å². The highest BCUT2D eigenvalue weighted by molar-refractivity contribution is 5.84. The van der Waals surface area contributed by atoms with Gasteiger partial charge in [0.05, 0.1) is 6.21 Å². The second kappa shape index (κ2) is 7.36. The zero-order chi connectivity index (χ0) is 15.9. The van der Waals surface area contributed by atoms with Gasteiger partial charge < -0.3 is 4.74 Å². The van der Waals surface area contributed by atoms with Gasteiger partial charge in [0.25, 0.3) is 5.91 Å². The number of nitrogens with zero attached hydrogens (tertiary/aromatic N) is 1. The van der Waals surface area contributed by atoms with E-state index >= 15 is 0 Å². The number of ether oxygens (including phenoxy) is 1. The van der Waals surface area contributed by atoms with E-state index in [2.05, 4.69) is 10.5 Å². The Balaban J connectivity index is 1.82. The van der Waals surface area contributed by atoms with Crippen LogP contribution >= 0.6 is 0 Å². The summed E-state index contributed by atoms with van der Waals surface area (Å²) in [4.78, 5) is 11.6. The van der Waals surface area contributed by atoms with Crippen molar-refractivity contribution in [3.63, 3.8) is 0 Å². The lowest BCUT2D eigenvalue weighted by Crippen LogP contribution is -2.24. The number of rotatable bonds is 5. The lowest BCUT2D eigenvalue weighted by atomic mass is 10.1. The fraction of sp³-hybridized carbons (Fsp3) is 0.176. The molecule has 0 radical (unpaired) electrons. The lowest BCUT2D eigenvalue weighted by Gasteiger charge is -2.05. The van der Waals surface area contributed by atoms with Gasteiger partial charge in [-0.1, -0.05) is 23.8 Å². The topological polar surface area (TPSA) is 50.7 Å². The predicted molar refractivity (Wildman–Crippen MR) is 83.5 cm³/mol. The summed E-state index contributed by atoms with van der Waals surface area (Å²) >= 11 is 0. The molecule has 0 heterocycles. The molecule has 2 aromatic carbocycles. The monoisotopic (exact) mass is 300 g/mol. The van der Waals surface area contributed by atoms with Crippen molar-refractivity contribution in [2.24, 2.45) is 5.10 Å². The Morgan fingerprint density at radius 1 is 1.23 bits per heavy atom. The van der Waals surface area contributed by atoms with Crippen LogP contribution in [0.2, 0.25) is 0 Å². The van der Waals surface area contributed by atoms with E-state index in [9.17, 15) is 9.18 Å². The molecular weight excluding hydrogens is 283 g/mol. The van der Waals surface area contributed by atoms with Gasteiger partial charge in [-0.25, -0.2) is 9.82 Å². The van der Waals surface area contributed by atoms with Crippen LogP contribution in [0.15, 0.2) is 47.6 Å². The van der Waals surface area contributed by atoms with Crippen LogP contribution in [0.3, 0.4) is 0 Å². The maximum atomic E-state index is 12.7. The SMILES string of the molecule is Cc1ccc(/C=N\NC(=O)COc2ccc(F)cc2)c(C)c1. The Morgan fingerprint density at radius 2 is 1.95 bits per heavy atom. The number of nitrogens with one attached hydrogen (secondary N) is 1. The maximum Gasteiger partial charge on any atom is 0.277 e. The first-order valence-corrected chi connectivity index (χ1v) is 6.82. The van der Waals surface area contributed by atoms with Gasteiger partial charge in [-0.3, -0.25) is 4.79 Å². The van der Waals surface area contributed by atoms with Gasteiger partial charge in [0.15, 0.2) is 6.61 Å². The Labute approximate surface area is 128 Å². The number of hydrogen-bond donors (Lipinski definition) is 1. The highest BCUT2D eigenvalue weighted by atomic mass is 19.1. The normalized spacial score (nSPS) is 10.7. The summed E-state index contributed by atoms with van der Waals surface area (Å²) in [6, 6.07) is 11.4. The zero-order valence-electron chi connectivity index (χ0n) is 12.5. The van der Waals surface area contributed by atoms with Gasteiger partial charge in [-0.15, -0.1) is 0 Å². The molecule has 0 atom stereocenters. The van der Waals surface area contributed by atoms with Crippen LogP contribution < -0.4 is 10.2 Å². The third kappa shape index (κ3) is 4.70. The van der Waals surface area contributed by atoms with Crippen LogP contribution in [0.25, 0.3) is 0 Å². The Hall–Kier alpha value is -2.69. The first-order chi connectivity index (χ1) is 10.5. The van der Waals surface area contributed by atoms with Crippen molar-refractivity contribution in [2.45, 2.75) is 13.8 Å². The largest absolute Gasteiger partial charge is 0.484 e. The second-order valence-corrected chi connectivity index (χ2v) is 4.90. The molecule has 0 aliphatic carbocycles. The molecule has 0 saturated carbocycles. The van der Waals surface area contributed by atoms with E-state index in [1.807, 2.05) is 32.0 Å². The van der Waals surface area contributed by atoms with Crippen molar-refractivity contribution in [1.82, 2.24) is 5.43 Å². The minimum absolute atomic E-state index is 0.185. The van der Waals surface area contributed by atoms with Crippen molar-refractivity contribution in [3.05, 3.63) is 65.0 Å². The smallest absolute Gasteiger partial charge is 0.277 e. The Bertz CT molecular complexity index is 682. The maximum absolute atomic E-state index is 12.7. The van der Waals surface area contributed by atoms with E-state index in [0.717, 1.165) is 11.1 Å². The number of hydrogen-bond acceptors (Lipinski definition) is 3. The summed E-state index contributed by atoms with van der Waals surface area (Å²) in [5, 5.41) is 3.89. The molecule has 1 amide bonds. The molecule has 0 bridgehead atoms. The molecule has 0 aliphatic rings. The van der Waals surface area contributed by atoms with Gasteiger partial charge in [-0.2, -0.15) is 5.10 Å². The van der Waals surface area contributed by atoms with E-state index in [1.54, 1.807) is 6.21 Å². The van der Waals surface area contributed by atoms with Crippen molar-refractivity contribution >= 4 is 12.1 Å². The molecule has 0 saturated heterocycles. The molecular formula is C17H17FN2O2. The van der Waals surface area contributed by atoms with Crippen molar-refractivity contribution < 1.29 is 13.9 Å². The summed E-state index contributed by atoms with van der Waals surface area (Å²) in [7, 11) is 0. The van der Waals surface area contributed by atoms with E-state index in [1.165, 1.54) is 29.8 Å². The van der Waals surface area contributed by atoms with Gasteiger partial charge >= 0.3 is 0 Å². The highest BCUT2D eigenvalue weighted by Gasteiger charge is 2.02. The quantitative estimate of drug-likeness (QED) is 0.682. The first-order valence-electron chi connectivity index (χ1n) is 6.82. The number of halogens is 1. The Kier molecular flexibility index (Phi) is 5.25. The number of amides is 1. The third-order valence-corrected chi connectivity index (χ3v) is 3.00. The van der Waals surface area contributed by atoms with Crippen molar-refractivity contribution in [2.75, 3.05) is 6.61 Å². The standard InChI is InChI=1S/C17H17FN2O2/c1-12-3-4-14(13(2)9-12)10-19-20-17(21)11-22-16-7-5-15(18)6-8-16/h3-10H,11H2,1-2H3,(H,20,21)/b19-10-. The summed E-state index contributed by atoms with van der Waals surface area (Å²) in [5.74, 6) is -0.310. The summed E-state index contributed by atoms with van der Waals surface area (Å²) in [6.45, 7) is 3.81. The molecule has 2 aromatic rings. The van der Waals surface area contributed by atoms with E-state index < -0.39 is 0 Å². The number of carbonyl (C=O) groups is 1. The molecule has 2 rings (SSSR count). The number of benzene rings is 2. The van der Waals surface area contributed by atoms with Crippen LogP contribution in [0.1, 0.15) is 16.7 Å². The van der Waals surface area contributed by atoms with Crippen LogP contribution in [0.5, 0.6) is 5.75 Å². The van der Waals surface area contributed by atoms with E-state index in [0.29, 0.717) is 5.75 Å². The zero-order valence-corrected chi connectivity index (χ0v) is 12.5. The van der Waals surface area contributed by atoms with E-state index in [4.69, 9.17) is 4.74 Å². The molecule has 0 unspecified atom stereocenters. The highest BCUT2D eigenvalue weighted by Crippen LogP contribution is 2.10. The van der Waals surface area contributed by atoms with Crippen LogP contribution in [-0.2, 0) is 4.79 Å². The molecule has 0 aromatic heterocycles. The molecule has 0 fully saturated rings. The molecule has 0 aliphatic heterocycles. The third-order valence-electron chi connectivity index (χ3n) is 3.00. The summed E-state index contributed by atoms with van der Waals surface area (Å²) in [5.41, 5.74) is 5.58. The molecule has 5 heteroatoms. The number of aryl methyl sites for hydroxylation is 2. The number of carbonyl (C=O) groups excluding carboxylic acids is 1. The number of hydrazone groups is 1. The lowest BCUT2D eigenvalue weighted by molar-refractivity contribution is -0.123. The van der Waals surface area contributed by atoms with Crippen LogP contribution in [0, 0.1) is 19.7 Å². The first kappa shape index (κ1) is 15.7. The van der Waals surface area contributed by atoms with Crippen molar-refractivity contribution in [3.8, 4) is 5.75 Å². The molecule has 22 heavy (non-hydrogen) atoms. The van der Waals surface area contributed by atoms with E-state index in [-0.39, 0.29) is 18.3 Å². The van der Waals surface area contributed by atoms with Gasteiger partial charge in [0, 0.05) is 0 Å². The molecule has 4 nitrogen and oxygen atoms in total. The minimum atomic E-state index is -0.384. The minimum Gasteiger partial charge on any atom is -0.484 e. The van der Waals surface area contributed by atoms with Crippen LogP contribution in [0.4, 0.5) is 4.39 Å². The molecule has 114 valence electrons. The summed E-state index contributed by atoms with van der Waals surface area (Å²) in [6.07, 6.45) is 1.59. The molecule has 1 N–H and O–H groups in total. The van der Waals surface area contributed by atoms with Crippen molar-refractivity contribution in [1.29, 1.82) is 0 Å². The average molecular weight is 300 g/mol. The van der Waals surface area contributed by atoms with Crippen LogP contribution in [-0.4, -0.2) is 18.7 Å².